The first-order valence-corrected chi connectivity index (χ1v) is 12.0. The van der Waals surface area contributed by atoms with Crippen molar-refractivity contribution in [3.8, 4) is 34.5 Å². The monoisotopic (exact) mass is 505 g/mol. The molecule has 1 N–H and O–H groups in total. The second kappa shape index (κ2) is 11.6. The molecular formula is C27H31N5O5. The van der Waals surface area contributed by atoms with Crippen LogP contribution in [0.1, 0.15) is 30.9 Å². The first-order chi connectivity index (χ1) is 17.9. The van der Waals surface area contributed by atoms with Crippen LogP contribution in [0.15, 0.2) is 48.5 Å². The first kappa shape index (κ1) is 25.7. The van der Waals surface area contributed by atoms with Crippen molar-refractivity contribution in [1.82, 2.24) is 25.1 Å². The van der Waals surface area contributed by atoms with Crippen molar-refractivity contribution in [2.75, 3.05) is 34.0 Å². The van der Waals surface area contributed by atoms with E-state index in [2.05, 4.69) is 34.5 Å². The van der Waals surface area contributed by atoms with Gasteiger partial charge in [-0.3, -0.25) is 4.79 Å². The topological polar surface area (TPSA) is 109 Å². The van der Waals surface area contributed by atoms with Gasteiger partial charge in [0.1, 0.15) is 23.9 Å². The molecule has 0 bridgehead atoms. The first-order valence-electron chi connectivity index (χ1n) is 12.0. The minimum absolute atomic E-state index is 0.0696. The van der Waals surface area contributed by atoms with Crippen LogP contribution in [0.5, 0.6) is 23.1 Å². The molecule has 1 amide bonds. The zero-order valence-electron chi connectivity index (χ0n) is 21.6. The Morgan fingerprint density at radius 2 is 1.81 bits per heavy atom. The number of methoxy groups -OCH3 is 2. The smallest absolute Gasteiger partial charge is 0.258 e. The average Bonchev–Trinajstić information content (AvgIpc) is 3.32. The summed E-state index contributed by atoms with van der Waals surface area (Å²) in [5, 5.41) is 15.8. The molecule has 2 aromatic carbocycles. The second-order valence-corrected chi connectivity index (χ2v) is 8.71. The zero-order valence-corrected chi connectivity index (χ0v) is 21.6. The molecule has 4 rings (SSSR count). The number of hydrogen-bond donors (Lipinski definition) is 1. The Hall–Kier alpha value is -4.34. The van der Waals surface area contributed by atoms with Crippen LogP contribution in [0.3, 0.4) is 0 Å². The molecule has 0 aliphatic carbocycles. The number of rotatable bonds is 11. The summed E-state index contributed by atoms with van der Waals surface area (Å²) >= 11 is 0. The van der Waals surface area contributed by atoms with Crippen molar-refractivity contribution in [2.45, 2.75) is 26.7 Å². The van der Waals surface area contributed by atoms with E-state index in [1.807, 2.05) is 31.2 Å². The van der Waals surface area contributed by atoms with Gasteiger partial charge in [0, 0.05) is 6.07 Å². The lowest BCUT2D eigenvalue weighted by atomic mass is 10.0. The molecule has 0 unspecified atom stereocenters. The quantitative estimate of drug-likeness (QED) is 0.307. The molecule has 0 atom stereocenters. The van der Waals surface area contributed by atoms with Crippen molar-refractivity contribution >= 4 is 11.6 Å². The number of aromatic nitrogens is 4. The summed E-state index contributed by atoms with van der Waals surface area (Å²) in [4.78, 5) is 12.3. The maximum absolute atomic E-state index is 12.3. The van der Waals surface area contributed by atoms with Crippen LogP contribution in [0.2, 0.25) is 0 Å². The Morgan fingerprint density at radius 1 is 0.973 bits per heavy atom. The zero-order chi connectivity index (χ0) is 26.4. The standard InChI is InChI=1S/C27H31N5O5/c1-17(2)20-8-6-18(3)14-23(20)37-16-25(33)28-12-13-36-26-11-10-24-29-30-27(32(24)31-26)21-15-19(34-4)7-9-22(21)35-5/h6-11,14-15,17H,12-13,16H2,1-5H3,(H,28,33). The van der Waals surface area contributed by atoms with Gasteiger partial charge in [0.2, 0.25) is 5.88 Å². The number of hydrogen-bond acceptors (Lipinski definition) is 8. The third kappa shape index (κ3) is 6.08. The Kier molecular flexibility index (Phi) is 8.07. The molecule has 0 spiro atoms. The summed E-state index contributed by atoms with van der Waals surface area (Å²) < 4.78 is 23.9. The highest BCUT2D eigenvalue weighted by atomic mass is 16.5. The van der Waals surface area contributed by atoms with Crippen LogP contribution in [-0.2, 0) is 4.79 Å². The summed E-state index contributed by atoms with van der Waals surface area (Å²) in [6.07, 6.45) is 0. The van der Waals surface area contributed by atoms with Gasteiger partial charge in [-0.25, -0.2) is 0 Å². The van der Waals surface area contributed by atoms with E-state index in [-0.39, 0.29) is 19.1 Å². The number of carbonyl (C=O) groups excluding carboxylic acids is 1. The van der Waals surface area contributed by atoms with Gasteiger partial charge in [0.15, 0.2) is 18.1 Å². The number of nitrogens with one attached hydrogen (secondary N) is 1. The normalized spacial score (nSPS) is 11.0. The molecule has 2 heterocycles. The molecule has 0 radical (unpaired) electrons. The molecular weight excluding hydrogens is 474 g/mol. The van der Waals surface area contributed by atoms with Crippen LogP contribution >= 0.6 is 0 Å². The van der Waals surface area contributed by atoms with Crippen molar-refractivity contribution in [1.29, 1.82) is 0 Å². The van der Waals surface area contributed by atoms with Gasteiger partial charge in [0.05, 0.1) is 26.3 Å². The summed E-state index contributed by atoms with van der Waals surface area (Å²) in [5.74, 6) is 2.92. The van der Waals surface area contributed by atoms with E-state index < -0.39 is 0 Å². The van der Waals surface area contributed by atoms with Gasteiger partial charge in [-0.15, -0.1) is 15.3 Å². The van der Waals surface area contributed by atoms with Gasteiger partial charge in [-0.1, -0.05) is 26.0 Å². The number of carbonyl (C=O) groups is 1. The van der Waals surface area contributed by atoms with Gasteiger partial charge in [-0.2, -0.15) is 4.52 Å². The van der Waals surface area contributed by atoms with Gasteiger partial charge >= 0.3 is 0 Å². The van der Waals surface area contributed by atoms with Crippen LogP contribution < -0.4 is 24.3 Å². The highest BCUT2D eigenvalue weighted by Crippen LogP contribution is 2.32. The molecule has 10 heteroatoms. The number of ether oxygens (including phenoxy) is 4. The van der Waals surface area contributed by atoms with Crippen molar-refractivity contribution in [3.05, 3.63) is 59.7 Å². The molecule has 0 saturated heterocycles. The third-order valence-electron chi connectivity index (χ3n) is 5.71. The molecule has 37 heavy (non-hydrogen) atoms. The van der Waals surface area contributed by atoms with E-state index in [1.54, 1.807) is 43.0 Å². The van der Waals surface area contributed by atoms with E-state index in [1.165, 1.54) is 0 Å². The predicted octanol–water partition coefficient (Wildman–Crippen LogP) is 3.81. The fourth-order valence-electron chi connectivity index (χ4n) is 3.79. The Bertz CT molecular complexity index is 1390. The number of nitrogens with zero attached hydrogens (tertiary/aromatic N) is 4. The Morgan fingerprint density at radius 3 is 2.57 bits per heavy atom. The second-order valence-electron chi connectivity index (χ2n) is 8.71. The molecule has 2 aromatic heterocycles. The Balaban J connectivity index is 1.35. The van der Waals surface area contributed by atoms with Gasteiger partial charge in [0.25, 0.3) is 5.91 Å². The van der Waals surface area contributed by atoms with Crippen LogP contribution in [0, 0.1) is 6.92 Å². The average molecular weight is 506 g/mol. The van der Waals surface area contributed by atoms with E-state index in [0.717, 1.165) is 16.9 Å². The number of benzene rings is 2. The highest BCUT2D eigenvalue weighted by Gasteiger charge is 2.16. The van der Waals surface area contributed by atoms with Gasteiger partial charge < -0.3 is 24.3 Å². The maximum atomic E-state index is 12.3. The van der Waals surface area contributed by atoms with E-state index in [0.29, 0.717) is 46.9 Å². The largest absolute Gasteiger partial charge is 0.497 e. The third-order valence-corrected chi connectivity index (χ3v) is 5.71. The summed E-state index contributed by atoms with van der Waals surface area (Å²) in [6, 6.07) is 14.9. The van der Waals surface area contributed by atoms with Gasteiger partial charge in [-0.05, 0) is 54.3 Å². The fraction of sp³-hybridized carbons (Fsp3) is 0.333. The summed E-state index contributed by atoms with van der Waals surface area (Å²) in [7, 11) is 3.17. The number of amides is 1. The lowest BCUT2D eigenvalue weighted by molar-refractivity contribution is -0.123. The number of fused-ring (bicyclic) bond motifs is 1. The van der Waals surface area contributed by atoms with Crippen LogP contribution in [-0.4, -0.2) is 59.7 Å². The van der Waals surface area contributed by atoms with Crippen molar-refractivity contribution in [2.24, 2.45) is 0 Å². The van der Waals surface area contributed by atoms with Crippen LogP contribution in [0.4, 0.5) is 0 Å². The maximum Gasteiger partial charge on any atom is 0.258 e. The lowest BCUT2D eigenvalue weighted by Gasteiger charge is -2.15. The predicted molar refractivity (Wildman–Crippen MR) is 139 cm³/mol. The molecule has 194 valence electrons. The number of aryl methyl sites for hydroxylation is 1. The molecule has 0 aliphatic heterocycles. The van der Waals surface area contributed by atoms with Crippen molar-refractivity contribution < 1.29 is 23.7 Å². The van der Waals surface area contributed by atoms with E-state index in [4.69, 9.17) is 18.9 Å². The minimum Gasteiger partial charge on any atom is -0.497 e. The molecule has 4 aromatic rings. The molecule has 0 aliphatic rings. The SMILES string of the molecule is COc1ccc(OC)c(-c2nnc3ccc(OCCNC(=O)COc4cc(C)ccc4C(C)C)nn23)c1. The van der Waals surface area contributed by atoms with E-state index >= 15 is 0 Å². The summed E-state index contributed by atoms with van der Waals surface area (Å²) in [6.45, 7) is 6.64. The highest BCUT2D eigenvalue weighted by molar-refractivity contribution is 5.77. The molecule has 10 nitrogen and oxygen atoms in total. The lowest BCUT2D eigenvalue weighted by Crippen LogP contribution is -2.32. The van der Waals surface area contributed by atoms with E-state index in [9.17, 15) is 4.79 Å². The molecule has 0 saturated carbocycles. The summed E-state index contributed by atoms with van der Waals surface area (Å²) in [5.41, 5.74) is 3.39. The minimum atomic E-state index is -0.227. The fourth-order valence-corrected chi connectivity index (χ4v) is 3.79. The van der Waals surface area contributed by atoms with Crippen LogP contribution in [0.25, 0.3) is 17.0 Å². The molecule has 0 fully saturated rings. The Labute approximate surface area is 215 Å². The van der Waals surface area contributed by atoms with Crippen molar-refractivity contribution in [3.63, 3.8) is 0 Å².